The molecule has 566 valence electrons. The second-order valence-electron chi connectivity index (χ2n) is 24.2. The van der Waals surface area contributed by atoms with Crippen LogP contribution in [0.15, 0.2) is 0 Å². The van der Waals surface area contributed by atoms with E-state index in [9.17, 15) is 122 Å². The number of carboxylic acids is 2. The third-order valence-corrected chi connectivity index (χ3v) is 15.5. The highest BCUT2D eigenvalue weighted by Crippen LogP contribution is 2.21. The number of carboxylic acid groups (broad SMARTS) is 2. The summed E-state index contributed by atoms with van der Waals surface area (Å²) in [4.78, 5) is 247. The standard InChI is InChI=1S/C58H94N18O25/c1-25(2)17-30(59)58(101)76-16-7-9-38(76)55(98)63-19-41(82)64-29(6)57(100)75-15-8-10-39(75)56(99)74-35(22-78)52(95)67-27(4)47(90)65-28(5)48(91)72-36(23-79)54(97)73-37(24-80)53(96)69-32(12-14-43(84)85)50(93)70-33(18-44(86)87)51(94)66-26(3)46(89)62-20-42(83)68-31(11-13-40(60)81)49(92)71-34(21-77)45(61)88/h25-39,77-80H,7-24,59H2,1-6H3,(H2,60,81)(H2,61,88)(H,62,89)(H,63,98)(H,64,82)(H,65,90)(H,66,94)(H,67,95)(H,68,83)(H,69,96)(H,70,93)(H,71,92)(H,72,91)(H,73,97)(H,74,99)(H,84,85)(H,86,87)/t26-,27+,28+,29-,30-,31-,32-,33-,34-,35+,36-,37-,38-,39+/m0/s1. The molecule has 0 saturated carbocycles. The predicted molar refractivity (Wildman–Crippen MR) is 342 cm³/mol. The third kappa shape index (κ3) is 29.2. The van der Waals surface area contributed by atoms with Gasteiger partial charge >= 0.3 is 11.9 Å². The fourth-order valence-corrected chi connectivity index (χ4v) is 9.96. The average molecular weight is 1440 g/mol. The lowest BCUT2D eigenvalue weighted by atomic mass is 10.0. The quantitative estimate of drug-likeness (QED) is 0.0270. The van der Waals surface area contributed by atoms with Crippen LogP contribution in [0.5, 0.6) is 0 Å². The average Bonchev–Trinajstić information content (AvgIpc) is 1.74. The van der Waals surface area contributed by atoms with Crippen molar-refractivity contribution in [2.45, 2.75) is 190 Å². The summed E-state index contributed by atoms with van der Waals surface area (Å²) < 4.78 is 0. The van der Waals surface area contributed by atoms with Crippen molar-refractivity contribution in [1.82, 2.24) is 78.9 Å². The zero-order chi connectivity index (χ0) is 76.7. The second-order valence-corrected chi connectivity index (χ2v) is 24.2. The molecule has 25 N–H and O–H groups in total. The number of aliphatic carboxylic acids is 2. The number of carbonyl (C=O) groups is 19. The zero-order valence-corrected chi connectivity index (χ0v) is 56.5. The first-order valence-corrected chi connectivity index (χ1v) is 32.0. The van der Waals surface area contributed by atoms with Crippen molar-refractivity contribution in [2.75, 3.05) is 52.6 Å². The van der Waals surface area contributed by atoms with Gasteiger partial charge in [-0.25, -0.2) is 0 Å². The third-order valence-electron chi connectivity index (χ3n) is 15.5. The van der Waals surface area contributed by atoms with Gasteiger partial charge in [0.25, 0.3) is 0 Å². The molecule has 0 spiro atoms. The monoisotopic (exact) mass is 1440 g/mol. The van der Waals surface area contributed by atoms with Crippen molar-refractivity contribution in [2.24, 2.45) is 23.1 Å². The molecule has 2 aliphatic heterocycles. The van der Waals surface area contributed by atoms with Gasteiger partial charge in [-0.3, -0.25) is 91.1 Å². The van der Waals surface area contributed by atoms with Crippen LogP contribution in [0.25, 0.3) is 0 Å². The normalized spacial score (nSPS) is 17.6. The van der Waals surface area contributed by atoms with Gasteiger partial charge in [0, 0.05) is 25.9 Å². The Hall–Kier alpha value is -10.3. The second kappa shape index (κ2) is 42.6. The highest BCUT2D eigenvalue weighted by Gasteiger charge is 2.41. The minimum atomic E-state index is -2.09. The van der Waals surface area contributed by atoms with E-state index >= 15 is 0 Å². The summed E-state index contributed by atoms with van der Waals surface area (Å²) in [6.07, 6.45) is -2.03. The van der Waals surface area contributed by atoms with Gasteiger partial charge in [-0.1, -0.05) is 13.8 Å². The van der Waals surface area contributed by atoms with E-state index in [0.717, 1.165) is 25.7 Å². The lowest BCUT2D eigenvalue weighted by Gasteiger charge is -2.29. The number of hydrogen-bond donors (Lipinski definition) is 22. The van der Waals surface area contributed by atoms with Crippen LogP contribution in [-0.2, 0) is 91.1 Å². The molecule has 0 aliphatic carbocycles. The first kappa shape index (κ1) is 86.8. The number of nitrogens with two attached hydrogens (primary N) is 3. The molecule has 0 aromatic carbocycles. The van der Waals surface area contributed by atoms with E-state index in [2.05, 4.69) is 53.2 Å². The minimum Gasteiger partial charge on any atom is -0.481 e. The number of aliphatic hydroxyl groups is 4. The summed E-state index contributed by atoms with van der Waals surface area (Å²) in [5, 5.41) is 86.8. The van der Waals surface area contributed by atoms with E-state index in [0.29, 0.717) is 32.2 Å². The Kier molecular flexibility index (Phi) is 36.6. The Morgan fingerprint density at radius 1 is 0.406 bits per heavy atom. The van der Waals surface area contributed by atoms with Crippen molar-refractivity contribution in [3.63, 3.8) is 0 Å². The Labute approximate surface area is 577 Å². The van der Waals surface area contributed by atoms with Gasteiger partial charge < -0.3 is 127 Å². The van der Waals surface area contributed by atoms with Crippen LogP contribution in [0.4, 0.5) is 0 Å². The van der Waals surface area contributed by atoms with Gasteiger partial charge in [0.05, 0.1) is 52.0 Å². The Bertz CT molecular complexity index is 3050. The first-order valence-electron chi connectivity index (χ1n) is 32.0. The van der Waals surface area contributed by atoms with Crippen molar-refractivity contribution in [3.05, 3.63) is 0 Å². The molecule has 0 radical (unpaired) electrons. The van der Waals surface area contributed by atoms with E-state index < -0.39 is 263 Å². The number of rotatable bonds is 43. The molecule has 101 heavy (non-hydrogen) atoms. The van der Waals surface area contributed by atoms with E-state index in [1.807, 2.05) is 29.8 Å². The number of hydrogen-bond acceptors (Lipinski definition) is 24. The topological polar surface area (TPSA) is 687 Å². The Morgan fingerprint density at radius 3 is 1.29 bits per heavy atom. The van der Waals surface area contributed by atoms with Crippen LogP contribution in [0.3, 0.4) is 0 Å². The number of nitrogens with one attached hydrogen (secondary N) is 13. The Morgan fingerprint density at radius 2 is 0.792 bits per heavy atom. The van der Waals surface area contributed by atoms with Crippen molar-refractivity contribution >= 4 is 112 Å². The molecule has 17 amide bonds. The molecule has 0 bridgehead atoms. The van der Waals surface area contributed by atoms with Crippen molar-refractivity contribution in [3.8, 4) is 0 Å². The fraction of sp³-hybridized carbons (Fsp3) is 0.672. The molecule has 2 heterocycles. The molecular formula is C58H94N18O25. The number of aliphatic hydroxyl groups excluding tert-OH is 4. The van der Waals surface area contributed by atoms with Crippen molar-refractivity contribution in [1.29, 1.82) is 0 Å². The smallest absolute Gasteiger partial charge is 0.305 e. The van der Waals surface area contributed by atoms with Crippen LogP contribution in [0.2, 0.25) is 0 Å². The van der Waals surface area contributed by atoms with E-state index in [-0.39, 0.29) is 24.8 Å². The van der Waals surface area contributed by atoms with Crippen LogP contribution in [-0.4, -0.2) is 290 Å². The molecule has 0 unspecified atom stereocenters. The largest absolute Gasteiger partial charge is 0.481 e. The highest BCUT2D eigenvalue weighted by molar-refractivity contribution is 6.01. The first-order chi connectivity index (χ1) is 47.3. The fourth-order valence-electron chi connectivity index (χ4n) is 9.96. The van der Waals surface area contributed by atoms with E-state index in [4.69, 9.17) is 17.2 Å². The summed E-state index contributed by atoms with van der Waals surface area (Å²) in [5.74, 6) is -20.7. The SMILES string of the molecule is CC(C)C[C@H](N)C(=O)N1CCC[C@H]1C(=O)NCC(=O)N[C@@H](C)C(=O)N1CCC[C@@H]1C(=O)N[C@H](CO)C(=O)N[C@H](C)C(=O)N[C@H](C)C(=O)N[C@@H](CO)C(=O)N[C@@H](CO)C(=O)N[C@@H](CCC(=O)O)C(=O)N[C@@H](CC(=O)O)C(=O)N[C@@H](C)C(=O)NCC(=O)N[C@@H](CCC(N)=O)C(=O)N[C@@H](CO)C(N)=O. The molecule has 2 aliphatic rings. The molecule has 0 aromatic heterocycles. The maximum absolute atomic E-state index is 13.6. The minimum absolute atomic E-state index is 0.0534. The number of primary amides is 2. The lowest BCUT2D eigenvalue weighted by molar-refractivity contribution is -0.142. The summed E-state index contributed by atoms with van der Waals surface area (Å²) in [6.45, 7) is 2.91. The molecule has 2 fully saturated rings. The molecule has 2 rings (SSSR count). The van der Waals surface area contributed by atoms with Crippen molar-refractivity contribution < 1.29 is 122 Å². The summed E-state index contributed by atoms with van der Waals surface area (Å²) in [6, 6.07) is -21.7. The summed E-state index contributed by atoms with van der Waals surface area (Å²) in [7, 11) is 0. The zero-order valence-electron chi connectivity index (χ0n) is 56.5. The molecule has 0 aromatic rings. The van der Waals surface area contributed by atoms with Gasteiger partial charge in [0.1, 0.15) is 78.5 Å². The maximum atomic E-state index is 13.6. The van der Waals surface area contributed by atoms with Crippen LogP contribution < -0.4 is 86.3 Å². The van der Waals surface area contributed by atoms with Gasteiger partial charge in [0.2, 0.25) is 100 Å². The van der Waals surface area contributed by atoms with Gasteiger partial charge in [-0.15, -0.1) is 0 Å². The van der Waals surface area contributed by atoms with Crippen LogP contribution in [0, 0.1) is 5.92 Å². The molecule has 43 nitrogen and oxygen atoms in total. The van der Waals surface area contributed by atoms with E-state index in [1.165, 1.54) is 11.8 Å². The highest BCUT2D eigenvalue weighted by atomic mass is 16.4. The number of nitrogens with zero attached hydrogens (tertiary/aromatic N) is 2. The molecule has 2 saturated heterocycles. The number of carbonyl (C=O) groups excluding carboxylic acids is 17. The van der Waals surface area contributed by atoms with Crippen LogP contribution in [0.1, 0.15) is 106 Å². The molecule has 14 atom stereocenters. The lowest BCUT2D eigenvalue weighted by Crippen LogP contribution is -2.61. The van der Waals surface area contributed by atoms with Gasteiger partial charge in [-0.05, 0) is 78.6 Å². The Balaban J connectivity index is 2.02. The van der Waals surface area contributed by atoms with Gasteiger partial charge in [-0.2, -0.15) is 0 Å². The van der Waals surface area contributed by atoms with Gasteiger partial charge in [0.15, 0.2) is 0 Å². The molecular weight excluding hydrogens is 1350 g/mol. The van der Waals surface area contributed by atoms with E-state index in [1.54, 1.807) is 0 Å². The number of amides is 17. The van der Waals surface area contributed by atoms with Crippen LogP contribution >= 0.6 is 0 Å². The summed E-state index contributed by atoms with van der Waals surface area (Å²) in [5.41, 5.74) is 16.3. The number of likely N-dealkylation sites (tertiary alicyclic amines) is 2. The maximum Gasteiger partial charge on any atom is 0.305 e. The summed E-state index contributed by atoms with van der Waals surface area (Å²) >= 11 is 0. The molecule has 43 heteroatoms. The predicted octanol–water partition coefficient (Wildman–Crippen LogP) is -13.0.